The quantitative estimate of drug-likeness (QED) is 0.845. The summed E-state index contributed by atoms with van der Waals surface area (Å²) in [6.45, 7) is 5.53. The van der Waals surface area contributed by atoms with E-state index in [2.05, 4.69) is 0 Å². The summed E-state index contributed by atoms with van der Waals surface area (Å²) in [6, 6.07) is 3.69. The lowest BCUT2D eigenvalue weighted by molar-refractivity contribution is -0.141. The summed E-state index contributed by atoms with van der Waals surface area (Å²) >= 11 is 0. The minimum atomic E-state index is -0.857. The lowest BCUT2D eigenvalue weighted by Gasteiger charge is -2.14. The molecule has 2 amide bonds. The molecule has 0 fully saturated rings. The first-order chi connectivity index (χ1) is 9.84. The van der Waals surface area contributed by atoms with Gasteiger partial charge in [-0.25, -0.2) is 0 Å². The van der Waals surface area contributed by atoms with Gasteiger partial charge in [-0.3, -0.25) is 19.3 Å². The molecule has 1 aromatic rings. The topological polar surface area (TPSA) is 74.7 Å². The monoisotopic (exact) mass is 289 g/mol. The smallest absolute Gasteiger partial charge is 0.306 e. The maximum absolute atomic E-state index is 12.4. The molecule has 0 aromatic heterocycles. The van der Waals surface area contributed by atoms with Crippen LogP contribution in [0.3, 0.4) is 0 Å². The predicted molar refractivity (Wildman–Crippen MR) is 77.3 cm³/mol. The van der Waals surface area contributed by atoms with Crippen molar-refractivity contribution in [3.63, 3.8) is 0 Å². The summed E-state index contributed by atoms with van der Waals surface area (Å²) in [4.78, 5) is 36.8. The summed E-state index contributed by atoms with van der Waals surface area (Å²) in [5.74, 6) is -1.86. The highest BCUT2D eigenvalue weighted by molar-refractivity contribution is 6.22. The lowest BCUT2D eigenvalue weighted by atomic mass is 9.99. The molecule has 1 aromatic carbocycles. The van der Waals surface area contributed by atoms with E-state index in [1.165, 1.54) is 4.90 Å². The number of nitrogens with zero attached hydrogens (tertiary/aromatic N) is 1. The van der Waals surface area contributed by atoms with Gasteiger partial charge in [0, 0.05) is 6.54 Å². The van der Waals surface area contributed by atoms with Crippen LogP contribution >= 0.6 is 0 Å². The van der Waals surface area contributed by atoms with E-state index in [0.717, 1.165) is 11.1 Å². The van der Waals surface area contributed by atoms with E-state index in [4.69, 9.17) is 5.11 Å². The number of rotatable bonds is 5. The standard InChI is InChI=1S/C16H19NO4/c1-9-6-7-10(2)13-12(9)14(18)17(15(13)19)8-4-5-11(3)16(20)21/h6-7,11H,4-5,8H2,1-3H3,(H,20,21). The second-order valence-electron chi connectivity index (χ2n) is 5.59. The Hall–Kier alpha value is -2.17. The van der Waals surface area contributed by atoms with Gasteiger partial charge in [0.1, 0.15) is 0 Å². The molecule has 1 N–H and O–H groups in total. The number of imide groups is 1. The fourth-order valence-electron chi connectivity index (χ4n) is 2.61. The van der Waals surface area contributed by atoms with Gasteiger partial charge in [0.05, 0.1) is 17.0 Å². The van der Waals surface area contributed by atoms with Crippen LogP contribution in [0.5, 0.6) is 0 Å². The molecule has 0 spiro atoms. The third-order valence-corrected chi connectivity index (χ3v) is 3.98. The minimum Gasteiger partial charge on any atom is -0.481 e. The van der Waals surface area contributed by atoms with E-state index in [-0.39, 0.29) is 18.4 Å². The molecular weight excluding hydrogens is 270 g/mol. The van der Waals surface area contributed by atoms with E-state index < -0.39 is 11.9 Å². The van der Waals surface area contributed by atoms with Crippen molar-refractivity contribution in [3.05, 3.63) is 34.4 Å². The van der Waals surface area contributed by atoms with Crippen LogP contribution in [0.4, 0.5) is 0 Å². The van der Waals surface area contributed by atoms with Gasteiger partial charge < -0.3 is 5.11 Å². The molecule has 21 heavy (non-hydrogen) atoms. The number of hydrogen-bond donors (Lipinski definition) is 1. The molecule has 5 heteroatoms. The molecule has 1 aliphatic heterocycles. The molecule has 1 atom stereocenters. The maximum atomic E-state index is 12.4. The van der Waals surface area contributed by atoms with Crippen LogP contribution < -0.4 is 0 Å². The number of aliphatic carboxylic acids is 1. The van der Waals surface area contributed by atoms with Crippen molar-refractivity contribution < 1.29 is 19.5 Å². The van der Waals surface area contributed by atoms with Crippen LogP contribution in [0.15, 0.2) is 12.1 Å². The van der Waals surface area contributed by atoms with Crippen molar-refractivity contribution in [1.82, 2.24) is 4.90 Å². The molecule has 5 nitrogen and oxygen atoms in total. The lowest BCUT2D eigenvalue weighted by Crippen LogP contribution is -2.31. The summed E-state index contributed by atoms with van der Waals surface area (Å²) < 4.78 is 0. The third-order valence-electron chi connectivity index (χ3n) is 3.98. The number of carboxylic acids is 1. The highest BCUT2D eigenvalue weighted by atomic mass is 16.4. The number of carbonyl (C=O) groups is 3. The molecule has 0 radical (unpaired) electrons. The number of benzene rings is 1. The first-order valence-corrected chi connectivity index (χ1v) is 7.03. The van der Waals surface area contributed by atoms with Crippen molar-refractivity contribution in [1.29, 1.82) is 0 Å². The highest BCUT2D eigenvalue weighted by Gasteiger charge is 2.37. The first kappa shape index (κ1) is 15.2. The van der Waals surface area contributed by atoms with Crippen LogP contribution in [0.2, 0.25) is 0 Å². The van der Waals surface area contributed by atoms with E-state index in [9.17, 15) is 14.4 Å². The Morgan fingerprint density at radius 2 is 1.62 bits per heavy atom. The van der Waals surface area contributed by atoms with Gasteiger partial charge in [0.15, 0.2) is 0 Å². The van der Waals surface area contributed by atoms with E-state index >= 15 is 0 Å². The molecule has 0 saturated carbocycles. The van der Waals surface area contributed by atoms with Gasteiger partial charge in [-0.05, 0) is 37.8 Å². The Bertz CT molecular complexity index is 580. The second kappa shape index (κ2) is 5.68. The normalized spacial score (nSPS) is 15.3. The minimum absolute atomic E-state index is 0.265. The van der Waals surface area contributed by atoms with Crippen LogP contribution in [-0.4, -0.2) is 34.3 Å². The fourth-order valence-corrected chi connectivity index (χ4v) is 2.61. The molecule has 112 valence electrons. The van der Waals surface area contributed by atoms with Crippen LogP contribution in [0, 0.1) is 19.8 Å². The second-order valence-corrected chi connectivity index (χ2v) is 5.59. The number of hydrogen-bond acceptors (Lipinski definition) is 3. The van der Waals surface area contributed by atoms with Crippen molar-refractivity contribution >= 4 is 17.8 Å². The molecule has 0 aliphatic carbocycles. The van der Waals surface area contributed by atoms with E-state index in [1.807, 2.05) is 26.0 Å². The SMILES string of the molecule is Cc1ccc(C)c2c1C(=O)N(CCCC(C)C(=O)O)C2=O. The number of aryl methyl sites for hydroxylation is 2. The Morgan fingerprint density at radius 3 is 2.05 bits per heavy atom. The zero-order chi connectivity index (χ0) is 15.7. The Balaban J connectivity index is 2.13. The zero-order valence-electron chi connectivity index (χ0n) is 12.5. The first-order valence-electron chi connectivity index (χ1n) is 7.03. The van der Waals surface area contributed by atoms with Gasteiger partial charge in [-0.1, -0.05) is 19.1 Å². The molecular formula is C16H19NO4. The van der Waals surface area contributed by atoms with E-state index in [1.54, 1.807) is 6.92 Å². The average Bonchev–Trinajstić information content (AvgIpc) is 2.68. The van der Waals surface area contributed by atoms with Gasteiger partial charge in [0.25, 0.3) is 11.8 Å². The zero-order valence-corrected chi connectivity index (χ0v) is 12.5. The van der Waals surface area contributed by atoms with Crippen molar-refractivity contribution in [2.24, 2.45) is 5.92 Å². The fraction of sp³-hybridized carbons (Fsp3) is 0.438. The van der Waals surface area contributed by atoms with Crippen LogP contribution in [0.25, 0.3) is 0 Å². The Labute approximate surface area is 123 Å². The number of carbonyl (C=O) groups excluding carboxylic acids is 2. The van der Waals surface area contributed by atoms with Gasteiger partial charge in [-0.15, -0.1) is 0 Å². The summed E-state index contributed by atoms with van der Waals surface area (Å²) in [5.41, 5.74) is 2.59. The Morgan fingerprint density at radius 1 is 1.14 bits per heavy atom. The van der Waals surface area contributed by atoms with Crippen LogP contribution in [-0.2, 0) is 4.79 Å². The summed E-state index contributed by atoms with van der Waals surface area (Å²) in [7, 11) is 0. The van der Waals surface area contributed by atoms with Gasteiger partial charge in [0.2, 0.25) is 0 Å². The largest absolute Gasteiger partial charge is 0.481 e. The third kappa shape index (κ3) is 2.68. The average molecular weight is 289 g/mol. The molecule has 2 rings (SSSR count). The van der Waals surface area contributed by atoms with Crippen molar-refractivity contribution in [3.8, 4) is 0 Å². The molecule has 1 aliphatic rings. The molecule has 0 saturated heterocycles. The predicted octanol–water partition coefficient (Wildman–Crippen LogP) is 2.40. The molecule has 0 bridgehead atoms. The highest BCUT2D eigenvalue weighted by Crippen LogP contribution is 2.28. The summed E-state index contributed by atoms with van der Waals surface area (Å²) in [6.07, 6.45) is 0.942. The summed E-state index contributed by atoms with van der Waals surface area (Å²) in [5, 5.41) is 8.85. The van der Waals surface area contributed by atoms with E-state index in [0.29, 0.717) is 24.0 Å². The van der Waals surface area contributed by atoms with Crippen LogP contribution in [0.1, 0.15) is 51.6 Å². The number of fused-ring (bicyclic) bond motifs is 1. The van der Waals surface area contributed by atoms with Gasteiger partial charge >= 0.3 is 5.97 Å². The van der Waals surface area contributed by atoms with Crippen molar-refractivity contribution in [2.75, 3.05) is 6.54 Å². The van der Waals surface area contributed by atoms with Gasteiger partial charge in [-0.2, -0.15) is 0 Å². The maximum Gasteiger partial charge on any atom is 0.306 e. The van der Waals surface area contributed by atoms with Crippen molar-refractivity contribution in [2.45, 2.75) is 33.6 Å². The molecule has 1 heterocycles. The molecule has 1 unspecified atom stereocenters. The number of carboxylic acid groups (broad SMARTS) is 1. The number of amides is 2. The Kier molecular flexibility index (Phi) is 4.11.